The molecule has 1 fully saturated rings. The summed E-state index contributed by atoms with van der Waals surface area (Å²) in [7, 11) is 0. The molecule has 2 aliphatic rings. The van der Waals surface area contributed by atoms with E-state index in [1.807, 2.05) is 18.2 Å². The van der Waals surface area contributed by atoms with E-state index >= 15 is 0 Å². The second-order valence-corrected chi connectivity index (χ2v) is 5.41. The van der Waals surface area contributed by atoms with Crippen LogP contribution in [0.5, 0.6) is 5.75 Å². The molecule has 0 aromatic heterocycles. The number of para-hydroxylation sites is 1. The number of hydrogen-bond donors (Lipinski definition) is 2. The maximum atomic E-state index is 5.63. The van der Waals surface area contributed by atoms with E-state index in [1.54, 1.807) is 0 Å². The molecule has 1 aliphatic carbocycles. The number of ether oxygens (including phenoxy) is 1. The molecule has 0 bridgehead atoms. The largest absolute Gasteiger partial charge is 0.491 e. The zero-order chi connectivity index (χ0) is 12.4. The summed E-state index contributed by atoms with van der Waals surface area (Å²) in [5.74, 6) is 0.971. The smallest absolute Gasteiger partial charge is 0.167 e. The minimum atomic E-state index is 0.183. The molecule has 3 nitrogen and oxygen atoms in total. The molecule has 18 heavy (non-hydrogen) atoms. The quantitative estimate of drug-likeness (QED) is 0.803. The maximum Gasteiger partial charge on any atom is 0.167 e. The predicted octanol–water partition coefficient (Wildman–Crippen LogP) is 2.53. The highest BCUT2D eigenvalue weighted by atomic mass is 32.1. The van der Waals surface area contributed by atoms with E-state index < -0.39 is 0 Å². The molecule has 1 aromatic rings. The molecule has 4 heteroatoms. The van der Waals surface area contributed by atoms with Crippen LogP contribution in [-0.2, 0) is 0 Å². The van der Waals surface area contributed by atoms with E-state index in [1.165, 1.54) is 31.2 Å². The number of hydrogen-bond acceptors (Lipinski definition) is 2. The van der Waals surface area contributed by atoms with Crippen LogP contribution in [0.3, 0.4) is 0 Å². The molecule has 0 amide bonds. The van der Waals surface area contributed by atoms with Crippen LogP contribution in [0, 0.1) is 0 Å². The molecule has 1 heterocycles. The third-order valence-electron chi connectivity index (χ3n) is 3.70. The topological polar surface area (TPSA) is 33.3 Å². The molecule has 0 radical (unpaired) electrons. The molecule has 0 saturated heterocycles. The Morgan fingerprint density at radius 1 is 1.17 bits per heavy atom. The molecular formula is C14H18N2OS. The van der Waals surface area contributed by atoms with Crippen molar-refractivity contribution in [2.24, 2.45) is 0 Å². The van der Waals surface area contributed by atoms with Gasteiger partial charge in [0.1, 0.15) is 12.4 Å². The van der Waals surface area contributed by atoms with E-state index in [4.69, 9.17) is 17.0 Å². The van der Waals surface area contributed by atoms with Crippen LogP contribution >= 0.6 is 12.2 Å². The lowest BCUT2D eigenvalue weighted by Gasteiger charge is -2.19. The molecule has 1 saturated carbocycles. The average molecular weight is 262 g/mol. The Labute approximate surface area is 113 Å². The molecule has 1 aliphatic heterocycles. The van der Waals surface area contributed by atoms with Crippen molar-refractivity contribution in [3.8, 4) is 5.75 Å². The molecule has 1 aromatic carbocycles. The van der Waals surface area contributed by atoms with Crippen molar-refractivity contribution in [3.63, 3.8) is 0 Å². The number of nitrogens with one attached hydrogen (secondary N) is 2. The lowest BCUT2D eigenvalue weighted by atomic mass is 10.1. The summed E-state index contributed by atoms with van der Waals surface area (Å²) in [5.41, 5.74) is 1.20. The monoisotopic (exact) mass is 262 g/mol. The summed E-state index contributed by atoms with van der Waals surface area (Å²) in [6.07, 6.45) is 5.10. The van der Waals surface area contributed by atoms with Gasteiger partial charge < -0.3 is 15.4 Å². The summed E-state index contributed by atoms with van der Waals surface area (Å²) in [5, 5.41) is 7.52. The summed E-state index contributed by atoms with van der Waals surface area (Å²) in [6, 6.07) is 8.87. The first-order valence-corrected chi connectivity index (χ1v) is 7.02. The van der Waals surface area contributed by atoms with Crippen molar-refractivity contribution < 1.29 is 4.74 Å². The Hall–Kier alpha value is -1.29. The van der Waals surface area contributed by atoms with Gasteiger partial charge in [-0.25, -0.2) is 0 Å². The maximum absolute atomic E-state index is 5.63. The van der Waals surface area contributed by atoms with Gasteiger partial charge in [-0.1, -0.05) is 31.0 Å². The molecule has 2 N–H and O–H groups in total. The van der Waals surface area contributed by atoms with Gasteiger partial charge in [-0.15, -0.1) is 0 Å². The molecule has 0 spiro atoms. The van der Waals surface area contributed by atoms with E-state index in [2.05, 4.69) is 16.7 Å². The van der Waals surface area contributed by atoms with E-state index in [-0.39, 0.29) is 6.04 Å². The predicted molar refractivity (Wildman–Crippen MR) is 75.8 cm³/mol. The number of benzene rings is 1. The van der Waals surface area contributed by atoms with Gasteiger partial charge in [-0.2, -0.15) is 0 Å². The SMILES string of the molecule is S=C(NC1CCCC1)NC1COc2ccccc21. The van der Waals surface area contributed by atoms with E-state index in [9.17, 15) is 0 Å². The van der Waals surface area contributed by atoms with Crippen molar-refractivity contribution in [1.29, 1.82) is 0 Å². The van der Waals surface area contributed by atoms with E-state index in [0.29, 0.717) is 12.6 Å². The third-order valence-corrected chi connectivity index (χ3v) is 3.93. The van der Waals surface area contributed by atoms with Gasteiger partial charge in [-0.05, 0) is 31.1 Å². The molecule has 1 unspecified atom stereocenters. The standard InChI is InChI=1S/C14H18N2OS/c18-14(15-10-5-1-2-6-10)16-12-9-17-13-8-4-3-7-11(12)13/h3-4,7-8,10,12H,1-2,5-6,9H2,(H2,15,16,18). The summed E-state index contributed by atoms with van der Waals surface area (Å²) in [4.78, 5) is 0. The fourth-order valence-corrected chi connectivity index (χ4v) is 3.05. The van der Waals surface area contributed by atoms with Crippen LogP contribution in [0.1, 0.15) is 37.3 Å². The van der Waals surface area contributed by atoms with Crippen LogP contribution in [-0.4, -0.2) is 17.8 Å². The highest BCUT2D eigenvalue weighted by Gasteiger charge is 2.24. The zero-order valence-corrected chi connectivity index (χ0v) is 11.1. The highest BCUT2D eigenvalue weighted by Crippen LogP contribution is 2.31. The van der Waals surface area contributed by atoms with Crippen molar-refractivity contribution in [3.05, 3.63) is 29.8 Å². The fourth-order valence-electron chi connectivity index (χ4n) is 2.74. The van der Waals surface area contributed by atoms with Crippen molar-refractivity contribution >= 4 is 17.3 Å². The van der Waals surface area contributed by atoms with Gasteiger partial charge in [0.2, 0.25) is 0 Å². The molecule has 3 rings (SSSR count). The second kappa shape index (κ2) is 5.14. The second-order valence-electron chi connectivity index (χ2n) is 5.00. The highest BCUT2D eigenvalue weighted by molar-refractivity contribution is 7.80. The Kier molecular flexibility index (Phi) is 3.37. The molecular weight excluding hydrogens is 244 g/mol. The van der Waals surface area contributed by atoms with Gasteiger partial charge in [-0.3, -0.25) is 0 Å². The van der Waals surface area contributed by atoms with Crippen molar-refractivity contribution in [2.75, 3.05) is 6.61 Å². The van der Waals surface area contributed by atoms with Crippen LogP contribution in [0.15, 0.2) is 24.3 Å². The first-order valence-electron chi connectivity index (χ1n) is 6.62. The average Bonchev–Trinajstić information content (AvgIpc) is 3.00. The third kappa shape index (κ3) is 2.43. The van der Waals surface area contributed by atoms with Crippen LogP contribution in [0.2, 0.25) is 0 Å². The number of rotatable bonds is 2. The number of fused-ring (bicyclic) bond motifs is 1. The molecule has 1 atom stereocenters. The van der Waals surface area contributed by atoms with Gasteiger partial charge in [0.05, 0.1) is 6.04 Å². The lowest BCUT2D eigenvalue weighted by Crippen LogP contribution is -2.42. The van der Waals surface area contributed by atoms with Crippen LogP contribution in [0.4, 0.5) is 0 Å². The first-order chi connectivity index (χ1) is 8.83. The first kappa shape index (κ1) is 11.8. The minimum Gasteiger partial charge on any atom is -0.491 e. The summed E-state index contributed by atoms with van der Waals surface area (Å²) >= 11 is 5.38. The lowest BCUT2D eigenvalue weighted by molar-refractivity contribution is 0.324. The van der Waals surface area contributed by atoms with Crippen molar-refractivity contribution in [2.45, 2.75) is 37.8 Å². The Bertz CT molecular complexity index is 443. The van der Waals surface area contributed by atoms with Gasteiger partial charge in [0.15, 0.2) is 5.11 Å². The fraction of sp³-hybridized carbons (Fsp3) is 0.500. The Balaban J connectivity index is 1.58. The van der Waals surface area contributed by atoms with Crippen LogP contribution < -0.4 is 15.4 Å². The summed E-state index contributed by atoms with van der Waals surface area (Å²) < 4.78 is 5.63. The molecule has 96 valence electrons. The van der Waals surface area contributed by atoms with E-state index in [0.717, 1.165) is 10.9 Å². The van der Waals surface area contributed by atoms with Gasteiger partial charge in [0.25, 0.3) is 0 Å². The normalized spacial score (nSPS) is 22.3. The van der Waals surface area contributed by atoms with Crippen molar-refractivity contribution in [1.82, 2.24) is 10.6 Å². The number of thiocarbonyl (C=S) groups is 1. The Morgan fingerprint density at radius 2 is 1.94 bits per heavy atom. The minimum absolute atomic E-state index is 0.183. The van der Waals surface area contributed by atoms with Gasteiger partial charge in [0, 0.05) is 11.6 Å². The Morgan fingerprint density at radius 3 is 2.78 bits per heavy atom. The summed E-state index contributed by atoms with van der Waals surface area (Å²) in [6.45, 7) is 0.659. The zero-order valence-electron chi connectivity index (χ0n) is 10.3. The van der Waals surface area contributed by atoms with Gasteiger partial charge >= 0.3 is 0 Å². The van der Waals surface area contributed by atoms with Crippen LogP contribution in [0.25, 0.3) is 0 Å².